The summed E-state index contributed by atoms with van der Waals surface area (Å²) in [5.41, 5.74) is 0.724. The number of aryl methyl sites for hydroxylation is 1. The van der Waals surface area contributed by atoms with Crippen LogP contribution in [0.25, 0.3) is 11.2 Å². The Hall–Kier alpha value is -3.54. The molecule has 1 aromatic carbocycles. The molecule has 0 saturated carbocycles. The number of fused-ring (bicyclic) bond motifs is 1. The Bertz CT molecular complexity index is 1120. The molecular formula is C20H20F3N7O2. The van der Waals surface area contributed by atoms with Crippen molar-refractivity contribution in [1.82, 2.24) is 25.3 Å². The van der Waals surface area contributed by atoms with Crippen molar-refractivity contribution in [3.05, 3.63) is 41.7 Å². The molecule has 4 rings (SSSR count). The van der Waals surface area contributed by atoms with Gasteiger partial charge < -0.3 is 20.3 Å². The number of anilines is 2. The number of ether oxygens (including phenoxy) is 1. The highest BCUT2D eigenvalue weighted by molar-refractivity contribution is 5.91. The Morgan fingerprint density at radius 3 is 2.56 bits per heavy atom. The molecule has 0 bridgehead atoms. The molecule has 0 atom stereocenters. The summed E-state index contributed by atoms with van der Waals surface area (Å²) >= 11 is 0. The minimum absolute atomic E-state index is 0.141. The van der Waals surface area contributed by atoms with Gasteiger partial charge in [0.2, 0.25) is 5.95 Å². The van der Waals surface area contributed by atoms with E-state index in [1.54, 1.807) is 6.92 Å². The lowest BCUT2D eigenvalue weighted by Gasteiger charge is -2.27. The Kier molecular flexibility index (Phi) is 6.04. The number of carbonyl (C=O) groups excluding carboxylic acids is 1. The van der Waals surface area contributed by atoms with Gasteiger partial charge in [-0.25, -0.2) is 15.0 Å². The van der Waals surface area contributed by atoms with Crippen LogP contribution in [0.2, 0.25) is 0 Å². The lowest BCUT2D eigenvalue weighted by atomic mass is 10.2. The average molecular weight is 447 g/mol. The molecule has 3 aromatic rings. The first-order chi connectivity index (χ1) is 15.3. The Balaban J connectivity index is 1.40. The maximum Gasteiger partial charge on any atom is 0.416 e. The number of halogens is 3. The summed E-state index contributed by atoms with van der Waals surface area (Å²) in [4.78, 5) is 31.9. The highest BCUT2D eigenvalue weighted by atomic mass is 19.4. The predicted octanol–water partition coefficient (Wildman–Crippen LogP) is 2.17. The van der Waals surface area contributed by atoms with Crippen LogP contribution < -0.4 is 20.3 Å². The number of aromatic nitrogens is 4. The van der Waals surface area contributed by atoms with Gasteiger partial charge in [-0.2, -0.15) is 18.2 Å². The van der Waals surface area contributed by atoms with Crippen molar-refractivity contribution >= 4 is 28.8 Å². The van der Waals surface area contributed by atoms with Gasteiger partial charge in [-0.3, -0.25) is 4.79 Å². The second-order valence-corrected chi connectivity index (χ2v) is 7.13. The van der Waals surface area contributed by atoms with Crippen molar-refractivity contribution in [3.63, 3.8) is 0 Å². The highest BCUT2D eigenvalue weighted by Gasteiger charge is 2.30. The van der Waals surface area contributed by atoms with E-state index in [-0.39, 0.29) is 11.6 Å². The number of amides is 1. The van der Waals surface area contributed by atoms with E-state index in [4.69, 9.17) is 4.74 Å². The van der Waals surface area contributed by atoms with E-state index in [0.29, 0.717) is 22.8 Å². The summed E-state index contributed by atoms with van der Waals surface area (Å²) in [7, 11) is 0. The summed E-state index contributed by atoms with van der Waals surface area (Å²) < 4.78 is 43.0. The molecule has 0 spiro atoms. The van der Waals surface area contributed by atoms with Crippen molar-refractivity contribution < 1.29 is 22.7 Å². The molecule has 0 unspecified atom stereocenters. The summed E-state index contributed by atoms with van der Waals surface area (Å²) in [5, 5.41) is 5.82. The molecule has 3 heterocycles. The first-order valence-electron chi connectivity index (χ1n) is 9.86. The van der Waals surface area contributed by atoms with Crippen molar-refractivity contribution in [2.24, 2.45) is 0 Å². The molecule has 168 valence electrons. The van der Waals surface area contributed by atoms with Gasteiger partial charge in [0.15, 0.2) is 18.1 Å². The van der Waals surface area contributed by atoms with Gasteiger partial charge in [0.25, 0.3) is 5.91 Å². The van der Waals surface area contributed by atoms with Crippen LogP contribution in [0.1, 0.15) is 11.3 Å². The zero-order chi connectivity index (χ0) is 22.7. The minimum Gasteiger partial charge on any atom is -0.484 e. The number of nitrogens with one attached hydrogen (secondary N) is 2. The van der Waals surface area contributed by atoms with Gasteiger partial charge in [0, 0.05) is 26.2 Å². The largest absolute Gasteiger partial charge is 0.484 e. The van der Waals surface area contributed by atoms with Crippen LogP contribution in [0.4, 0.5) is 24.9 Å². The minimum atomic E-state index is -4.43. The van der Waals surface area contributed by atoms with E-state index in [1.807, 2.05) is 0 Å². The fourth-order valence-electron chi connectivity index (χ4n) is 3.16. The first kappa shape index (κ1) is 21.7. The highest BCUT2D eigenvalue weighted by Crippen LogP contribution is 2.30. The van der Waals surface area contributed by atoms with Gasteiger partial charge in [0.1, 0.15) is 11.3 Å². The molecule has 1 amide bonds. The summed E-state index contributed by atoms with van der Waals surface area (Å²) in [5.74, 6) is 0.393. The molecule has 2 N–H and O–H groups in total. The molecule has 1 saturated heterocycles. The molecule has 32 heavy (non-hydrogen) atoms. The van der Waals surface area contributed by atoms with Gasteiger partial charge in [-0.1, -0.05) is 0 Å². The van der Waals surface area contributed by atoms with E-state index in [0.717, 1.165) is 50.4 Å². The number of hydrogen-bond acceptors (Lipinski definition) is 8. The van der Waals surface area contributed by atoms with E-state index in [2.05, 4.69) is 35.5 Å². The lowest BCUT2D eigenvalue weighted by molar-refractivity contribution is -0.137. The number of piperazine rings is 1. The molecule has 0 aliphatic carbocycles. The topological polar surface area (TPSA) is 105 Å². The zero-order valence-corrected chi connectivity index (χ0v) is 17.1. The third-order valence-electron chi connectivity index (χ3n) is 4.79. The summed E-state index contributed by atoms with van der Waals surface area (Å²) in [6, 6.07) is 4.09. The van der Waals surface area contributed by atoms with Crippen molar-refractivity contribution in [3.8, 4) is 5.75 Å². The van der Waals surface area contributed by atoms with Crippen molar-refractivity contribution in [2.75, 3.05) is 43.0 Å². The van der Waals surface area contributed by atoms with Crippen LogP contribution in [0.3, 0.4) is 0 Å². The number of rotatable bonds is 5. The van der Waals surface area contributed by atoms with Crippen LogP contribution in [-0.2, 0) is 11.0 Å². The lowest BCUT2D eigenvalue weighted by Crippen LogP contribution is -2.44. The second kappa shape index (κ2) is 8.91. The molecule has 12 heteroatoms. The van der Waals surface area contributed by atoms with E-state index >= 15 is 0 Å². The van der Waals surface area contributed by atoms with Crippen molar-refractivity contribution in [2.45, 2.75) is 13.1 Å². The van der Waals surface area contributed by atoms with E-state index < -0.39 is 24.3 Å². The summed E-state index contributed by atoms with van der Waals surface area (Å²) in [6.45, 7) is 4.69. The normalized spacial score (nSPS) is 14.4. The summed E-state index contributed by atoms with van der Waals surface area (Å²) in [6.07, 6.45) is -3.05. The number of nitrogens with zero attached hydrogens (tertiary/aromatic N) is 5. The molecule has 0 radical (unpaired) electrons. The number of alkyl halides is 3. The number of benzene rings is 1. The maximum absolute atomic E-state index is 12.6. The van der Waals surface area contributed by atoms with Crippen LogP contribution >= 0.6 is 0 Å². The Morgan fingerprint density at radius 2 is 1.88 bits per heavy atom. The molecule has 1 aliphatic heterocycles. The molecule has 2 aromatic heterocycles. The quantitative estimate of drug-likeness (QED) is 0.613. The second-order valence-electron chi connectivity index (χ2n) is 7.13. The van der Waals surface area contributed by atoms with Crippen LogP contribution in [0, 0.1) is 6.92 Å². The molecule has 1 aliphatic rings. The van der Waals surface area contributed by atoms with Gasteiger partial charge in [-0.05, 0) is 31.2 Å². The van der Waals surface area contributed by atoms with Crippen LogP contribution in [0.15, 0.2) is 30.5 Å². The third kappa shape index (κ3) is 5.02. The number of carbonyl (C=O) groups is 1. The Labute approximate surface area is 181 Å². The first-order valence-corrected chi connectivity index (χ1v) is 9.86. The van der Waals surface area contributed by atoms with Gasteiger partial charge in [-0.15, -0.1) is 0 Å². The van der Waals surface area contributed by atoms with Gasteiger partial charge >= 0.3 is 6.18 Å². The number of hydrogen-bond donors (Lipinski definition) is 2. The predicted molar refractivity (Wildman–Crippen MR) is 111 cm³/mol. The molecule has 9 nitrogen and oxygen atoms in total. The van der Waals surface area contributed by atoms with E-state index in [9.17, 15) is 18.0 Å². The smallest absolute Gasteiger partial charge is 0.416 e. The fourth-order valence-corrected chi connectivity index (χ4v) is 3.16. The fraction of sp³-hybridized carbons (Fsp3) is 0.350. The standard InChI is InChI=1S/C20H20F3N7O2/c1-12-17-18(29-19(26-12)30-8-6-24-7-9-30)25-10-15(28-17)27-16(31)11-32-14-4-2-13(3-5-14)20(21,22)23/h2-5,10,24H,6-9,11H2,1H3,(H,27,28,31). The molecule has 1 fully saturated rings. The molecular weight excluding hydrogens is 427 g/mol. The maximum atomic E-state index is 12.6. The Morgan fingerprint density at radius 1 is 1.16 bits per heavy atom. The SMILES string of the molecule is Cc1nc(N2CCNCC2)nc2ncc(NC(=O)COc3ccc(C(F)(F)F)cc3)nc12. The monoisotopic (exact) mass is 447 g/mol. The third-order valence-corrected chi connectivity index (χ3v) is 4.79. The van der Waals surface area contributed by atoms with Crippen molar-refractivity contribution in [1.29, 1.82) is 0 Å². The van der Waals surface area contributed by atoms with E-state index in [1.165, 1.54) is 6.20 Å². The average Bonchev–Trinajstić information content (AvgIpc) is 2.78. The van der Waals surface area contributed by atoms with Gasteiger partial charge in [0.05, 0.1) is 17.5 Å². The van der Waals surface area contributed by atoms with Crippen LogP contribution in [0.5, 0.6) is 5.75 Å². The zero-order valence-electron chi connectivity index (χ0n) is 17.1. The van der Waals surface area contributed by atoms with Crippen LogP contribution in [-0.4, -0.2) is 58.6 Å².